The Morgan fingerprint density at radius 3 is 2.80 bits per heavy atom. The lowest BCUT2D eigenvalue weighted by Crippen LogP contribution is -2.40. The molecular weight excluding hydrogens is 192 g/mol. The van der Waals surface area contributed by atoms with Crippen molar-refractivity contribution in [1.29, 1.82) is 0 Å². The van der Waals surface area contributed by atoms with Crippen molar-refractivity contribution >= 4 is 11.6 Å². The van der Waals surface area contributed by atoms with Crippen LogP contribution < -0.4 is 0 Å². The molecule has 0 radical (unpaired) electrons. The topological polar surface area (TPSA) is 43.4 Å². The van der Waals surface area contributed by atoms with E-state index in [0.29, 0.717) is 32.0 Å². The summed E-state index contributed by atoms with van der Waals surface area (Å²) in [6.45, 7) is 0.940. The molecule has 15 heavy (non-hydrogen) atoms. The highest BCUT2D eigenvalue weighted by Gasteiger charge is 2.41. The Balaban J connectivity index is 2.09. The van der Waals surface area contributed by atoms with Gasteiger partial charge in [0.15, 0.2) is 5.78 Å². The highest BCUT2D eigenvalue weighted by Crippen LogP contribution is 2.42. The van der Waals surface area contributed by atoms with E-state index in [1.165, 1.54) is 0 Å². The average Bonchev–Trinajstić information content (AvgIpc) is 2.27. The van der Waals surface area contributed by atoms with Crippen LogP contribution >= 0.6 is 0 Å². The van der Waals surface area contributed by atoms with Crippen molar-refractivity contribution in [3.8, 4) is 0 Å². The summed E-state index contributed by atoms with van der Waals surface area (Å²) in [5.74, 6) is 0.884. The maximum atomic E-state index is 11.7. The van der Waals surface area contributed by atoms with Crippen LogP contribution in [0.25, 0.3) is 0 Å². The molecule has 1 heterocycles. The number of rotatable bonds is 0. The minimum atomic E-state index is -0.0863. The van der Waals surface area contributed by atoms with Crippen molar-refractivity contribution in [2.75, 3.05) is 13.2 Å². The van der Waals surface area contributed by atoms with Gasteiger partial charge >= 0.3 is 0 Å². The highest BCUT2D eigenvalue weighted by atomic mass is 16.5. The molecule has 1 saturated carbocycles. The monoisotopic (exact) mass is 206 g/mol. The summed E-state index contributed by atoms with van der Waals surface area (Å²) in [6, 6.07) is 0. The Bertz CT molecular complexity index is 367. The normalized spacial score (nSPS) is 35.5. The smallest absolute Gasteiger partial charge is 0.161 e. The van der Waals surface area contributed by atoms with Gasteiger partial charge in [-0.25, -0.2) is 0 Å². The van der Waals surface area contributed by atoms with E-state index in [0.717, 1.165) is 24.0 Å². The Hall–Kier alpha value is -0.960. The fraction of sp³-hybridized carbons (Fsp3) is 0.667. The Kier molecular flexibility index (Phi) is 2.02. The maximum absolute atomic E-state index is 11.7. The van der Waals surface area contributed by atoms with Crippen molar-refractivity contribution < 1.29 is 14.3 Å². The van der Waals surface area contributed by atoms with E-state index in [4.69, 9.17) is 4.74 Å². The minimum absolute atomic E-state index is 0.0863. The molecule has 0 saturated heterocycles. The molecule has 0 bridgehead atoms. The predicted octanol–water partition coefficient (Wildman–Crippen LogP) is 1.27. The minimum Gasteiger partial charge on any atom is -0.376 e. The molecule has 0 spiro atoms. The van der Waals surface area contributed by atoms with E-state index in [1.807, 2.05) is 0 Å². The number of hydrogen-bond acceptors (Lipinski definition) is 3. The van der Waals surface area contributed by atoms with Gasteiger partial charge in [-0.1, -0.05) is 0 Å². The van der Waals surface area contributed by atoms with Gasteiger partial charge < -0.3 is 4.74 Å². The third-order valence-corrected chi connectivity index (χ3v) is 3.88. The van der Waals surface area contributed by atoms with E-state index < -0.39 is 0 Å². The summed E-state index contributed by atoms with van der Waals surface area (Å²) in [5, 5.41) is 0. The summed E-state index contributed by atoms with van der Waals surface area (Å²) in [7, 11) is 0. The molecule has 80 valence electrons. The van der Waals surface area contributed by atoms with Crippen LogP contribution in [0.15, 0.2) is 11.1 Å². The van der Waals surface area contributed by atoms with Crippen LogP contribution in [0.3, 0.4) is 0 Å². The maximum Gasteiger partial charge on any atom is 0.161 e. The van der Waals surface area contributed by atoms with Crippen LogP contribution in [0.4, 0.5) is 0 Å². The zero-order valence-corrected chi connectivity index (χ0v) is 8.62. The first kappa shape index (κ1) is 9.28. The van der Waals surface area contributed by atoms with Crippen LogP contribution in [0, 0.1) is 11.8 Å². The Morgan fingerprint density at radius 1 is 1.13 bits per heavy atom. The molecule has 2 aliphatic carbocycles. The van der Waals surface area contributed by atoms with Gasteiger partial charge in [-0.3, -0.25) is 9.59 Å². The first-order chi connectivity index (χ1) is 7.27. The zero-order chi connectivity index (χ0) is 10.4. The third-order valence-electron chi connectivity index (χ3n) is 3.88. The van der Waals surface area contributed by atoms with Gasteiger partial charge in [-0.05, 0) is 24.3 Å². The molecule has 0 aromatic heterocycles. The van der Waals surface area contributed by atoms with Crippen molar-refractivity contribution in [2.24, 2.45) is 11.8 Å². The molecule has 0 amide bonds. The lowest BCUT2D eigenvalue weighted by molar-refractivity contribution is -0.127. The number of ketones is 2. The van der Waals surface area contributed by atoms with Gasteiger partial charge in [-0.2, -0.15) is 0 Å². The second kappa shape index (κ2) is 3.27. The molecule has 2 unspecified atom stereocenters. The van der Waals surface area contributed by atoms with Crippen LogP contribution in [0.2, 0.25) is 0 Å². The largest absolute Gasteiger partial charge is 0.376 e. The molecule has 1 fully saturated rings. The molecule has 0 N–H and O–H groups in total. The number of ether oxygens (including phenoxy) is 1. The van der Waals surface area contributed by atoms with E-state index in [9.17, 15) is 9.59 Å². The number of carbonyl (C=O) groups is 2. The molecule has 3 nitrogen and oxygen atoms in total. The van der Waals surface area contributed by atoms with Gasteiger partial charge in [0.2, 0.25) is 0 Å². The van der Waals surface area contributed by atoms with Crippen LogP contribution in [0.1, 0.15) is 25.7 Å². The van der Waals surface area contributed by atoms with Gasteiger partial charge in [0.05, 0.1) is 19.1 Å². The van der Waals surface area contributed by atoms with Gasteiger partial charge in [0.1, 0.15) is 5.78 Å². The third kappa shape index (κ3) is 1.29. The fourth-order valence-corrected chi connectivity index (χ4v) is 3.10. The first-order valence-electron chi connectivity index (χ1n) is 5.64. The summed E-state index contributed by atoms with van der Waals surface area (Å²) in [6.07, 6.45) is 3.21. The lowest BCUT2D eigenvalue weighted by Gasteiger charge is -2.39. The van der Waals surface area contributed by atoms with Crippen LogP contribution in [-0.4, -0.2) is 24.8 Å². The molecule has 1 aliphatic heterocycles. The number of Topliss-reactive ketones (excluding diaryl/α,β-unsaturated/α-hetero) is 2. The summed E-state index contributed by atoms with van der Waals surface area (Å²) >= 11 is 0. The Labute approximate surface area is 88.5 Å². The van der Waals surface area contributed by atoms with E-state index in [1.54, 1.807) is 0 Å². The molecule has 0 aromatic rings. The summed E-state index contributed by atoms with van der Waals surface area (Å²) < 4.78 is 5.37. The first-order valence-corrected chi connectivity index (χ1v) is 5.64. The van der Waals surface area contributed by atoms with Gasteiger partial charge in [0, 0.05) is 18.4 Å². The fourth-order valence-electron chi connectivity index (χ4n) is 3.10. The standard InChI is InChI=1S/C12H14O3/c13-10-3-1-7-2-4-11(14)9-6-15-5-8(10)12(7)9/h7-8H,1-6H2. The molecule has 3 aliphatic rings. The SMILES string of the molecule is O=C1CCC2CCC(=O)C3COCC1=C23. The van der Waals surface area contributed by atoms with Crippen molar-refractivity contribution in [2.45, 2.75) is 25.7 Å². The highest BCUT2D eigenvalue weighted by molar-refractivity contribution is 6.00. The molecule has 2 atom stereocenters. The second-order valence-corrected chi connectivity index (χ2v) is 4.67. The van der Waals surface area contributed by atoms with Crippen molar-refractivity contribution in [1.82, 2.24) is 0 Å². The summed E-state index contributed by atoms with van der Waals surface area (Å²) in [5.41, 5.74) is 1.98. The Morgan fingerprint density at radius 2 is 1.93 bits per heavy atom. The van der Waals surface area contributed by atoms with E-state index in [2.05, 4.69) is 0 Å². The average molecular weight is 206 g/mol. The second-order valence-electron chi connectivity index (χ2n) is 4.67. The molecule has 0 aromatic carbocycles. The van der Waals surface area contributed by atoms with Gasteiger partial charge in [-0.15, -0.1) is 0 Å². The lowest BCUT2D eigenvalue weighted by atomic mass is 9.68. The van der Waals surface area contributed by atoms with Crippen molar-refractivity contribution in [3.05, 3.63) is 11.1 Å². The predicted molar refractivity (Wildman–Crippen MR) is 53.3 cm³/mol. The van der Waals surface area contributed by atoms with Crippen LogP contribution in [-0.2, 0) is 14.3 Å². The van der Waals surface area contributed by atoms with Gasteiger partial charge in [0.25, 0.3) is 0 Å². The summed E-state index contributed by atoms with van der Waals surface area (Å²) in [4.78, 5) is 23.5. The van der Waals surface area contributed by atoms with Crippen molar-refractivity contribution in [3.63, 3.8) is 0 Å². The molecular formula is C12H14O3. The van der Waals surface area contributed by atoms with E-state index in [-0.39, 0.29) is 17.5 Å². The van der Waals surface area contributed by atoms with Crippen LogP contribution in [0.5, 0.6) is 0 Å². The quantitative estimate of drug-likeness (QED) is 0.599. The molecule has 3 heteroatoms. The van der Waals surface area contributed by atoms with E-state index >= 15 is 0 Å². The number of carbonyl (C=O) groups excluding carboxylic acids is 2. The number of hydrogen-bond donors (Lipinski definition) is 0. The zero-order valence-electron chi connectivity index (χ0n) is 8.62. The molecule has 3 rings (SSSR count).